The lowest BCUT2D eigenvalue weighted by atomic mass is 10.2. The number of aryl methyl sites for hydroxylation is 1. The quantitative estimate of drug-likeness (QED) is 0.332. The Morgan fingerprint density at radius 2 is 1.80 bits per heavy atom. The number of benzene rings is 1. The number of halogens is 1. The molecule has 0 saturated carbocycles. The fraction of sp³-hybridized carbons (Fsp3) is 0.333. The van der Waals surface area contributed by atoms with Crippen LogP contribution >= 0.6 is 24.0 Å². The van der Waals surface area contributed by atoms with Gasteiger partial charge in [0.05, 0.1) is 33.7 Å². The Labute approximate surface area is 240 Å². The molecule has 2 aromatic heterocycles. The summed E-state index contributed by atoms with van der Waals surface area (Å²) in [6.45, 7) is 3.90. The number of rotatable bonds is 4. The maximum atomic E-state index is 14.4. The molecule has 5 heterocycles. The summed E-state index contributed by atoms with van der Waals surface area (Å²) < 4.78 is 40.2. The van der Waals surface area contributed by atoms with E-state index in [2.05, 4.69) is 0 Å². The molecular weight excluding hydrogens is 574 g/mol. The summed E-state index contributed by atoms with van der Waals surface area (Å²) in [5.74, 6) is -0.349. The van der Waals surface area contributed by atoms with Gasteiger partial charge in [0.2, 0.25) is 0 Å². The highest BCUT2D eigenvalue weighted by Gasteiger charge is 2.42. The van der Waals surface area contributed by atoms with Gasteiger partial charge in [-0.1, -0.05) is 42.2 Å². The number of piperazine rings is 1. The summed E-state index contributed by atoms with van der Waals surface area (Å²) in [7, 11) is -3.22. The molecule has 1 aromatic carbocycles. The average Bonchev–Trinajstić information content (AvgIpc) is 3.42. The molecule has 9 nitrogen and oxygen atoms in total. The number of thioether (sulfide) groups is 1. The topological polar surface area (TPSA) is 95.3 Å². The van der Waals surface area contributed by atoms with Crippen LogP contribution in [-0.2, 0) is 14.6 Å². The Bertz CT molecular complexity index is 1750. The lowest BCUT2D eigenvalue weighted by Crippen LogP contribution is -2.47. The van der Waals surface area contributed by atoms with Gasteiger partial charge in [-0.15, -0.1) is 0 Å². The second kappa shape index (κ2) is 10.3. The number of aromatic nitrogens is 2. The van der Waals surface area contributed by atoms with Gasteiger partial charge in [-0.3, -0.25) is 18.9 Å². The molecule has 0 spiro atoms. The lowest BCUT2D eigenvalue weighted by molar-refractivity contribution is -0.123. The maximum Gasteiger partial charge on any atom is 0.267 e. The van der Waals surface area contributed by atoms with Gasteiger partial charge in [-0.2, -0.15) is 0 Å². The fourth-order valence-corrected chi connectivity index (χ4v) is 8.47. The Hall–Kier alpha value is -3.29. The molecule has 208 valence electrons. The van der Waals surface area contributed by atoms with Crippen molar-refractivity contribution in [1.29, 1.82) is 0 Å². The van der Waals surface area contributed by atoms with Gasteiger partial charge < -0.3 is 9.80 Å². The van der Waals surface area contributed by atoms with Crippen molar-refractivity contribution in [3.05, 3.63) is 74.8 Å². The molecule has 0 radical (unpaired) electrons. The number of carbonyl (C=O) groups is 1. The van der Waals surface area contributed by atoms with E-state index in [1.165, 1.54) is 21.4 Å². The molecule has 3 aromatic rings. The van der Waals surface area contributed by atoms with E-state index < -0.39 is 21.8 Å². The van der Waals surface area contributed by atoms with Gasteiger partial charge in [0.15, 0.2) is 9.84 Å². The van der Waals surface area contributed by atoms with Crippen LogP contribution in [0.1, 0.15) is 17.5 Å². The number of thiocarbonyl (C=S) groups is 1. The molecule has 1 unspecified atom stereocenters. The van der Waals surface area contributed by atoms with Crippen molar-refractivity contribution < 1.29 is 17.6 Å². The van der Waals surface area contributed by atoms with E-state index in [9.17, 15) is 22.4 Å². The SMILES string of the molecule is Cc1ccc2nc(N3CCN(c4ccccc4F)CC3)c(/C=C3/SC(=S)N(C4CCS(=O)(=O)C4)C3=O)c(=O)n2c1. The predicted molar refractivity (Wildman–Crippen MR) is 159 cm³/mol. The monoisotopic (exact) mass is 599 g/mol. The van der Waals surface area contributed by atoms with Crippen LogP contribution in [0, 0.1) is 12.7 Å². The van der Waals surface area contributed by atoms with Crippen molar-refractivity contribution in [2.45, 2.75) is 19.4 Å². The van der Waals surface area contributed by atoms with Crippen LogP contribution in [0.2, 0.25) is 0 Å². The first-order valence-electron chi connectivity index (χ1n) is 12.9. The minimum absolute atomic E-state index is 0.0199. The van der Waals surface area contributed by atoms with E-state index >= 15 is 0 Å². The number of hydrogen-bond donors (Lipinski definition) is 0. The normalized spacial score (nSPS) is 22.2. The Kier molecular flexibility index (Phi) is 6.91. The summed E-state index contributed by atoms with van der Waals surface area (Å²) in [5.41, 5.74) is 1.81. The fourth-order valence-electron chi connectivity index (χ4n) is 5.39. The number of amides is 1. The number of para-hydroxylation sites is 1. The van der Waals surface area contributed by atoms with Crippen LogP contribution < -0.4 is 15.4 Å². The molecule has 13 heteroatoms. The van der Waals surface area contributed by atoms with Gasteiger partial charge in [0, 0.05) is 32.4 Å². The molecule has 0 bridgehead atoms. The van der Waals surface area contributed by atoms with Crippen LogP contribution in [0.3, 0.4) is 0 Å². The highest BCUT2D eigenvalue weighted by atomic mass is 32.2. The van der Waals surface area contributed by atoms with Crippen LogP contribution in [-0.4, -0.2) is 76.7 Å². The average molecular weight is 600 g/mol. The van der Waals surface area contributed by atoms with Gasteiger partial charge in [-0.05, 0) is 43.2 Å². The third kappa shape index (κ3) is 4.90. The molecule has 0 aliphatic carbocycles. The van der Waals surface area contributed by atoms with Crippen molar-refractivity contribution in [3.8, 4) is 0 Å². The maximum absolute atomic E-state index is 14.4. The Morgan fingerprint density at radius 1 is 1.07 bits per heavy atom. The largest absolute Gasteiger partial charge is 0.366 e. The van der Waals surface area contributed by atoms with Gasteiger partial charge in [0.25, 0.3) is 11.5 Å². The number of anilines is 2. The van der Waals surface area contributed by atoms with E-state index in [1.54, 1.807) is 30.5 Å². The summed E-state index contributed by atoms with van der Waals surface area (Å²) in [6.07, 6.45) is 3.57. The molecule has 6 rings (SSSR count). The van der Waals surface area contributed by atoms with Crippen LogP contribution in [0.15, 0.2) is 52.3 Å². The first-order valence-corrected chi connectivity index (χ1v) is 15.9. The van der Waals surface area contributed by atoms with Crippen LogP contribution in [0.5, 0.6) is 0 Å². The number of fused-ring (bicyclic) bond motifs is 1. The lowest BCUT2D eigenvalue weighted by Gasteiger charge is -2.37. The molecule has 3 aliphatic heterocycles. The smallest absolute Gasteiger partial charge is 0.267 e. The van der Waals surface area contributed by atoms with Gasteiger partial charge in [-0.25, -0.2) is 17.8 Å². The van der Waals surface area contributed by atoms with Crippen molar-refractivity contribution in [1.82, 2.24) is 14.3 Å². The third-order valence-electron chi connectivity index (χ3n) is 7.43. The number of pyridine rings is 1. The van der Waals surface area contributed by atoms with Crippen molar-refractivity contribution in [3.63, 3.8) is 0 Å². The van der Waals surface area contributed by atoms with Gasteiger partial charge in [0.1, 0.15) is 21.6 Å². The second-order valence-corrected chi connectivity index (χ2v) is 14.0. The number of sulfone groups is 1. The summed E-state index contributed by atoms with van der Waals surface area (Å²) >= 11 is 6.53. The molecule has 3 aliphatic rings. The van der Waals surface area contributed by atoms with Crippen LogP contribution in [0.4, 0.5) is 15.9 Å². The summed E-state index contributed by atoms with van der Waals surface area (Å²) in [4.78, 5) is 37.7. The van der Waals surface area contributed by atoms with Crippen molar-refractivity contribution in [2.24, 2.45) is 0 Å². The minimum atomic E-state index is -3.22. The predicted octanol–water partition coefficient (Wildman–Crippen LogP) is 2.86. The van der Waals surface area contributed by atoms with E-state index in [4.69, 9.17) is 17.2 Å². The summed E-state index contributed by atoms with van der Waals surface area (Å²) in [6, 6.07) is 9.79. The van der Waals surface area contributed by atoms with Crippen molar-refractivity contribution in [2.75, 3.05) is 47.5 Å². The highest BCUT2D eigenvalue weighted by Crippen LogP contribution is 2.37. The first-order chi connectivity index (χ1) is 19.1. The van der Waals surface area contributed by atoms with Crippen LogP contribution in [0.25, 0.3) is 11.7 Å². The summed E-state index contributed by atoms with van der Waals surface area (Å²) in [5, 5.41) is 0. The Balaban J connectivity index is 1.37. The number of nitrogens with zero attached hydrogens (tertiary/aromatic N) is 5. The number of carbonyl (C=O) groups excluding carboxylic acids is 1. The molecule has 0 N–H and O–H groups in total. The van der Waals surface area contributed by atoms with E-state index in [0.717, 1.165) is 17.3 Å². The molecule has 3 fully saturated rings. The molecule has 40 heavy (non-hydrogen) atoms. The molecular formula is C27H26FN5O4S3. The Morgan fingerprint density at radius 3 is 2.50 bits per heavy atom. The zero-order valence-electron chi connectivity index (χ0n) is 21.6. The highest BCUT2D eigenvalue weighted by molar-refractivity contribution is 8.26. The van der Waals surface area contributed by atoms with Crippen molar-refractivity contribution >= 4 is 67.3 Å². The second-order valence-electron chi connectivity index (χ2n) is 10.1. The van der Waals surface area contributed by atoms with E-state index in [1.807, 2.05) is 22.8 Å². The van der Waals surface area contributed by atoms with E-state index in [-0.39, 0.29) is 37.7 Å². The minimum Gasteiger partial charge on any atom is -0.366 e. The standard InChI is InChI=1S/C27H26FN5O4S3/c1-17-6-7-23-29-24(31-11-9-30(10-12-31)21-5-3-2-4-20(21)28)19(25(34)32(23)15-17)14-22-26(35)33(27(38)39-22)18-8-13-40(36,37)16-18/h2-7,14-15,18H,8-13,16H2,1H3/b22-14+. The zero-order valence-corrected chi connectivity index (χ0v) is 24.1. The zero-order chi connectivity index (χ0) is 28.2. The third-order valence-corrected chi connectivity index (χ3v) is 10.5. The van der Waals surface area contributed by atoms with E-state index in [0.29, 0.717) is 49.8 Å². The van der Waals surface area contributed by atoms with Gasteiger partial charge >= 0.3 is 0 Å². The number of hydrogen-bond acceptors (Lipinski definition) is 9. The molecule has 3 saturated heterocycles. The first kappa shape index (κ1) is 26.9. The molecule has 1 amide bonds. The molecule has 1 atom stereocenters.